The van der Waals surface area contributed by atoms with Gasteiger partial charge in [-0.15, -0.1) is 0 Å². The molecule has 0 aromatic heterocycles. The Balaban J connectivity index is 1.53. The Morgan fingerprint density at radius 3 is 2.43 bits per heavy atom. The molecule has 0 bridgehead atoms. The maximum Gasteiger partial charge on any atom is 0.124 e. The number of aliphatic hydroxyl groups excluding tert-OH is 1. The van der Waals surface area contributed by atoms with E-state index in [0.717, 1.165) is 31.4 Å². The van der Waals surface area contributed by atoms with Gasteiger partial charge < -0.3 is 15.2 Å². The predicted octanol–water partition coefficient (Wildman–Crippen LogP) is 3.68. The van der Waals surface area contributed by atoms with Crippen molar-refractivity contribution in [2.45, 2.75) is 56.8 Å². The zero-order valence-electron chi connectivity index (χ0n) is 12.5. The van der Waals surface area contributed by atoms with E-state index in [2.05, 4.69) is 17.4 Å². The highest BCUT2D eigenvalue weighted by Crippen LogP contribution is 2.26. The second kappa shape index (κ2) is 7.41. The minimum absolute atomic E-state index is 0.0343. The second-order valence-corrected chi connectivity index (χ2v) is 7.29. The summed E-state index contributed by atoms with van der Waals surface area (Å²) in [5.74, 6) is 3.39. The van der Waals surface area contributed by atoms with Crippen molar-refractivity contribution in [3.8, 4) is 5.75 Å². The zero-order valence-corrected chi connectivity index (χ0v) is 13.3. The highest BCUT2D eigenvalue weighted by atomic mass is 32.2. The zero-order chi connectivity index (χ0) is 14.5. The first-order valence-electron chi connectivity index (χ1n) is 8.10. The number of ether oxygens (including phenoxy) is 1. The van der Waals surface area contributed by atoms with Gasteiger partial charge in [-0.2, -0.15) is 11.8 Å². The fourth-order valence-electron chi connectivity index (χ4n) is 3.10. The molecule has 3 nitrogen and oxygen atoms in total. The molecule has 1 saturated carbocycles. The summed E-state index contributed by atoms with van der Waals surface area (Å²) in [7, 11) is 0. The molecule has 0 spiro atoms. The molecule has 1 aliphatic carbocycles. The van der Waals surface area contributed by atoms with E-state index >= 15 is 0 Å². The molecule has 0 unspecified atom stereocenters. The summed E-state index contributed by atoms with van der Waals surface area (Å²) in [5.41, 5.74) is 1.17. The third-order valence-corrected chi connectivity index (χ3v) is 5.45. The van der Waals surface area contributed by atoms with Gasteiger partial charge in [-0.1, -0.05) is 6.42 Å². The van der Waals surface area contributed by atoms with Gasteiger partial charge in [0.25, 0.3) is 0 Å². The predicted molar refractivity (Wildman–Crippen MR) is 89.3 cm³/mol. The van der Waals surface area contributed by atoms with Crippen molar-refractivity contribution in [1.29, 1.82) is 0 Å². The number of rotatable bonds is 4. The van der Waals surface area contributed by atoms with Gasteiger partial charge >= 0.3 is 0 Å². The summed E-state index contributed by atoms with van der Waals surface area (Å²) in [6, 6.07) is 8.82. The summed E-state index contributed by atoms with van der Waals surface area (Å²) < 4.78 is 5.93. The van der Waals surface area contributed by atoms with Gasteiger partial charge in [-0.25, -0.2) is 0 Å². The van der Waals surface area contributed by atoms with Crippen molar-refractivity contribution >= 4 is 17.4 Å². The molecule has 2 atom stereocenters. The van der Waals surface area contributed by atoms with Gasteiger partial charge in [0, 0.05) is 11.7 Å². The Labute approximate surface area is 131 Å². The van der Waals surface area contributed by atoms with Crippen LogP contribution in [0.4, 0.5) is 5.69 Å². The van der Waals surface area contributed by atoms with Gasteiger partial charge in [0.2, 0.25) is 0 Å². The normalized spacial score (nSPS) is 27.3. The summed E-state index contributed by atoms with van der Waals surface area (Å²) >= 11 is 2.05. The molecule has 1 aromatic rings. The molecule has 1 aromatic carbocycles. The van der Waals surface area contributed by atoms with Crippen LogP contribution in [0.25, 0.3) is 0 Å². The fourth-order valence-corrected chi connectivity index (χ4v) is 4.20. The van der Waals surface area contributed by atoms with Crippen LogP contribution in [-0.4, -0.2) is 34.9 Å². The quantitative estimate of drug-likeness (QED) is 0.890. The Hall–Kier alpha value is -0.870. The Morgan fingerprint density at radius 1 is 1.00 bits per heavy atom. The number of thioether (sulfide) groups is 1. The first kappa shape index (κ1) is 15.0. The van der Waals surface area contributed by atoms with E-state index in [1.807, 2.05) is 23.9 Å². The van der Waals surface area contributed by atoms with Crippen molar-refractivity contribution in [2.24, 2.45) is 0 Å². The lowest BCUT2D eigenvalue weighted by atomic mass is 9.95. The standard InChI is InChI=1S/C17H25NO2S/c19-16-3-1-2-4-17(16)20-15-7-5-13(6-8-15)18-14-9-11-21-12-10-14/h5-8,14,16-19H,1-4,9-12H2/t16-,17-/m0/s1. The molecule has 2 fully saturated rings. The lowest BCUT2D eigenvalue weighted by Crippen LogP contribution is -2.34. The number of anilines is 1. The Morgan fingerprint density at radius 2 is 1.71 bits per heavy atom. The lowest BCUT2D eigenvalue weighted by Gasteiger charge is -2.28. The fraction of sp³-hybridized carbons (Fsp3) is 0.647. The number of nitrogens with one attached hydrogen (secondary N) is 1. The topological polar surface area (TPSA) is 41.5 Å². The third-order valence-electron chi connectivity index (χ3n) is 4.40. The van der Waals surface area contributed by atoms with Crippen LogP contribution in [-0.2, 0) is 0 Å². The first-order valence-corrected chi connectivity index (χ1v) is 9.26. The molecule has 1 aliphatic heterocycles. The molecule has 2 aliphatic rings. The van der Waals surface area contributed by atoms with E-state index in [1.54, 1.807) is 0 Å². The highest BCUT2D eigenvalue weighted by molar-refractivity contribution is 7.99. The molecule has 1 saturated heterocycles. The molecule has 4 heteroatoms. The maximum atomic E-state index is 9.96. The number of aliphatic hydroxyl groups is 1. The molecular weight excluding hydrogens is 282 g/mol. The van der Waals surface area contributed by atoms with E-state index < -0.39 is 0 Å². The molecule has 3 rings (SSSR count). The van der Waals surface area contributed by atoms with E-state index in [0.29, 0.717) is 6.04 Å². The molecule has 0 amide bonds. The third kappa shape index (κ3) is 4.30. The second-order valence-electron chi connectivity index (χ2n) is 6.06. The summed E-state index contributed by atoms with van der Waals surface area (Å²) in [4.78, 5) is 0. The maximum absolute atomic E-state index is 9.96. The SMILES string of the molecule is O[C@H]1CCCC[C@@H]1Oc1ccc(NC2CCSCC2)cc1. The number of benzene rings is 1. The molecule has 21 heavy (non-hydrogen) atoms. The van der Waals surface area contributed by atoms with Crippen LogP contribution in [0.1, 0.15) is 38.5 Å². The largest absolute Gasteiger partial charge is 0.488 e. The van der Waals surface area contributed by atoms with Crippen molar-refractivity contribution in [3.63, 3.8) is 0 Å². The molecule has 2 N–H and O–H groups in total. The van der Waals surface area contributed by atoms with Crippen LogP contribution in [0, 0.1) is 0 Å². The van der Waals surface area contributed by atoms with Crippen molar-refractivity contribution in [1.82, 2.24) is 0 Å². The summed E-state index contributed by atoms with van der Waals surface area (Å²) in [5, 5.41) is 13.6. The first-order chi connectivity index (χ1) is 10.3. The van der Waals surface area contributed by atoms with Gasteiger partial charge in [-0.3, -0.25) is 0 Å². The van der Waals surface area contributed by atoms with Crippen molar-refractivity contribution in [2.75, 3.05) is 16.8 Å². The monoisotopic (exact) mass is 307 g/mol. The minimum atomic E-state index is -0.309. The van der Waals surface area contributed by atoms with E-state index in [4.69, 9.17) is 4.74 Å². The summed E-state index contributed by atoms with van der Waals surface area (Å²) in [6.07, 6.45) is 6.24. The van der Waals surface area contributed by atoms with Crippen LogP contribution in [0.5, 0.6) is 5.75 Å². The van der Waals surface area contributed by atoms with Gasteiger partial charge in [-0.05, 0) is 67.9 Å². The van der Waals surface area contributed by atoms with Gasteiger partial charge in [0.05, 0.1) is 6.10 Å². The smallest absolute Gasteiger partial charge is 0.124 e. The van der Waals surface area contributed by atoms with Crippen LogP contribution in [0.15, 0.2) is 24.3 Å². The molecular formula is C17H25NO2S. The van der Waals surface area contributed by atoms with Gasteiger partial charge in [0.15, 0.2) is 0 Å². The van der Waals surface area contributed by atoms with E-state index in [-0.39, 0.29) is 12.2 Å². The summed E-state index contributed by atoms with van der Waals surface area (Å²) in [6.45, 7) is 0. The highest BCUT2D eigenvalue weighted by Gasteiger charge is 2.24. The van der Waals surface area contributed by atoms with Crippen LogP contribution in [0.2, 0.25) is 0 Å². The Kier molecular flexibility index (Phi) is 5.31. The van der Waals surface area contributed by atoms with E-state index in [1.165, 1.54) is 30.0 Å². The van der Waals surface area contributed by atoms with Crippen molar-refractivity contribution < 1.29 is 9.84 Å². The Bertz CT molecular complexity index is 431. The van der Waals surface area contributed by atoms with Crippen LogP contribution in [0.3, 0.4) is 0 Å². The van der Waals surface area contributed by atoms with Crippen molar-refractivity contribution in [3.05, 3.63) is 24.3 Å². The van der Waals surface area contributed by atoms with E-state index in [9.17, 15) is 5.11 Å². The number of hydrogen-bond donors (Lipinski definition) is 2. The number of hydrogen-bond acceptors (Lipinski definition) is 4. The molecule has 116 valence electrons. The molecule has 1 heterocycles. The molecule has 0 radical (unpaired) electrons. The minimum Gasteiger partial charge on any atom is -0.488 e. The average Bonchev–Trinajstić information content (AvgIpc) is 2.52. The van der Waals surface area contributed by atoms with Gasteiger partial charge in [0.1, 0.15) is 11.9 Å². The average molecular weight is 307 g/mol. The van der Waals surface area contributed by atoms with Crippen LogP contribution < -0.4 is 10.1 Å². The van der Waals surface area contributed by atoms with Crippen LogP contribution >= 0.6 is 11.8 Å². The lowest BCUT2D eigenvalue weighted by molar-refractivity contribution is 0.00688.